The van der Waals surface area contributed by atoms with E-state index in [0.717, 1.165) is 19.0 Å². The standard InChI is InChI=1S/C25H20Br3N3O3/c1-3-23-30-21-10-9-17(26)11-19(21)25(32)31(23)29-13-15-5-4-6-22(33-2)24(15)34-14-16-7-8-18(27)12-20(16)28/h4-13H,3,14H2,1-2H3. The Morgan fingerprint density at radius 1 is 1.06 bits per heavy atom. The summed E-state index contributed by atoms with van der Waals surface area (Å²) in [4.78, 5) is 17.8. The van der Waals surface area contributed by atoms with Crippen molar-refractivity contribution in [2.75, 3.05) is 7.11 Å². The van der Waals surface area contributed by atoms with E-state index in [1.807, 2.05) is 55.5 Å². The SMILES string of the molecule is CCc1nc2ccc(Br)cc2c(=O)n1N=Cc1cccc(OC)c1OCc1ccc(Br)cc1Br. The molecule has 9 heteroatoms. The molecule has 0 aliphatic heterocycles. The number of aryl methyl sites for hydroxylation is 1. The molecular formula is C25H20Br3N3O3. The van der Waals surface area contributed by atoms with E-state index in [1.165, 1.54) is 4.68 Å². The summed E-state index contributed by atoms with van der Waals surface area (Å²) in [7, 11) is 1.59. The van der Waals surface area contributed by atoms with Crippen LogP contribution in [0.1, 0.15) is 23.9 Å². The van der Waals surface area contributed by atoms with Crippen LogP contribution < -0.4 is 15.0 Å². The second kappa shape index (κ2) is 10.8. The molecule has 0 saturated carbocycles. The molecule has 6 nitrogen and oxygen atoms in total. The van der Waals surface area contributed by atoms with Crippen molar-refractivity contribution in [1.82, 2.24) is 9.66 Å². The molecule has 1 aromatic heterocycles. The summed E-state index contributed by atoms with van der Waals surface area (Å²) < 4.78 is 15.7. The first-order chi connectivity index (χ1) is 16.4. The van der Waals surface area contributed by atoms with Gasteiger partial charge in [0.2, 0.25) is 0 Å². The zero-order valence-electron chi connectivity index (χ0n) is 18.4. The van der Waals surface area contributed by atoms with Crippen molar-refractivity contribution >= 4 is 64.9 Å². The summed E-state index contributed by atoms with van der Waals surface area (Å²) >= 11 is 10.5. The molecule has 174 valence electrons. The molecule has 0 radical (unpaired) electrons. The highest BCUT2D eigenvalue weighted by Crippen LogP contribution is 2.32. The molecule has 1 heterocycles. The van der Waals surface area contributed by atoms with E-state index >= 15 is 0 Å². The lowest BCUT2D eigenvalue weighted by Crippen LogP contribution is -2.22. The topological polar surface area (TPSA) is 65.7 Å². The van der Waals surface area contributed by atoms with Gasteiger partial charge in [-0.25, -0.2) is 4.98 Å². The number of nitrogens with zero attached hydrogens (tertiary/aromatic N) is 3. The Kier molecular flexibility index (Phi) is 7.85. The van der Waals surface area contributed by atoms with Gasteiger partial charge in [-0.15, -0.1) is 0 Å². The van der Waals surface area contributed by atoms with Crippen molar-refractivity contribution in [3.8, 4) is 11.5 Å². The van der Waals surface area contributed by atoms with Gasteiger partial charge in [0, 0.05) is 31.0 Å². The van der Waals surface area contributed by atoms with Crippen LogP contribution in [0.25, 0.3) is 10.9 Å². The van der Waals surface area contributed by atoms with Crippen LogP contribution in [0.2, 0.25) is 0 Å². The lowest BCUT2D eigenvalue weighted by Gasteiger charge is -2.14. The van der Waals surface area contributed by atoms with Crippen molar-refractivity contribution in [2.45, 2.75) is 20.0 Å². The van der Waals surface area contributed by atoms with Gasteiger partial charge in [0.25, 0.3) is 5.56 Å². The van der Waals surface area contributed by atoms with Crippen LogP contribution in [0, 0.1) is 0 Å². The molecule has 4 aromatic rings. The van der Waals surface area contributed by atoms with Crippen LogP contribution in [-0.2, 0) is 13.0 Å². The van der Waals surface area contributed by atoms with E-state index in [4.69, 9.17) is 9.47 Å². The normalized spacial score (nSPS) is 11.3. The lowest BCUT2D eigenvalue weighted by atomic mass is 10.2. The zero-order chi connectivity index (χ0) is 24.2. The van der Waals surface area contributed by atoms with E-state index in [-0.39, 0.29) is 5.56 Å². The third kappa shape index (κ3) is 5.26. The first-order valence-electron chi connectivity index (χ1n) is 10.4. The second-order valence-electron chi connectivity index (χ2n) is 7.31. The summed E-state index contributed by atoms with van der Waals surface area (Å²) in [6.07, 6.45) is 2.15. The van der Waals surface area contributed by atoms with Gasteiger partial charge in [-0.1, -0.05) is 66.8 Å². The maximum atomic E-state index is 13.2. The number of ether oxygens (including phenoxy) is 2. The van der Waals surface area contributed by atoms with Gasteiger partial charge in [0.15, 0.2) is 11.5 Å². The summed E-state index contributed by atoms with van der Waals surface area (Å²) in [6.45, 7) is 2.26. The van der Waals surface area contributed by atoms with E-state index < -0.39 is 0 Å². The Morgan fingerprint density at radius 3 is 2.56 bits per heavy atom. The van der Waals surface area contributed by atoms with Crippen molar-refractivity contribution in [3.63, 3.8) is 0 Å². The van der Waals surface area contributed by atoms with Crippen LogP contribution in [0.3, 0.4) is 0 Å². The molecular weight excluding hydrogens is 630 g/mol. The summed E-state index contributed by atoms with van der Waals surface area (Å²) in [5, 5.41) is 4.99. The van der Waals surface area contributed by atoms with E-state index in [1.54, 1.807) is 19.4 Å². The van der Waals surface area contributed by atoms with Gasteiger partial charge in [0.1, 0.15) is 12.4 Å². The van der Waals surface area contributed by atoms with Gasteiger partial charge in [0.05, 0.1) is 24.2 Å². The smallest absolute Gasteiger partial charge is 0.282 e. The van der Waals surface area contributed by atoms with Gasteiger partial charge < -0.3 is 9.47 Å². The van der Waals surface area contributed by atoms with Gasteiger partial charge in [-0.2, -0.15) is 9.78 Å². The predicted molar refractivity (Wildman–Crippen MR) is 145 cm³/mol. The van der Waals surface area contributed by atoms with Crippen molar-refractivity contribution in [1.29, 1.82) is 0 Å². The van der Waals surface area contributed by atoms with Crippen molar-refractivity contribution in [3.05, 3.63) is 95.3 Å². The van der Waals surface area contributed by atoms with Gasteiger partial charge in [-0.3, -0.25) is 4.79 Å². The maximum Gasteiger partial charge on any atom is 0.282 e. The fourth-order valence-corrected chi connectivity index (χ4v) is 4.92. The summed E-state index contributed by atoms with van der Waals surface area (Å²) in [6, 6.07) is 16.9. The molecule has 0 aliphatic carbocycles. The molecule has 0 unspecified atom stereocenters. The molecule has 3 aromatic carbocycles. The molecule has 34 heavy (non-hydrogen) atoms. The first-order valence-corrected chi connectivity index (χ1v) is 12.8. The minimum atomic E-state index is -0.233. The summed E-state index contributed by atoms with van der Waals surface area (Å²) in [5.41, 5.74) is 2.06. The zero-order valence-corrected chi connectivity index (χ0v) is 23.1. The summed E-state index contributed by atoms with van der Waals surface area (Å²) in [5.74, 6) is 1.67. The van der Waals surface area contributed by atoms with Crippen molar-refractivity contribution < 1.29 is 9.47 Å². The van der Waals surface area contributed by atoms with Crippen LogP contribution in [-0.4, -0.2) is 23.0 Å². The number of hydrogen-bond acceptors (Lipinski definition) is 5. The van der Waals surface area contributed by atoms with E-state index in [9.17, 15) is 4.79 Å². The Balaban J connectivity index is 1.73. The lowest BCUT2D eigenvalue weighted by molar-refractivity contribution is 0.283. The second-order valence-corrected chi connectivity index (χ2v) is 9.99. The van der Waals surface area contributed by atoms with E-state index in [2.05, 4.69) is 57.9 Å². The third-order valence-electron chi connectivity index (χ3n) is 5.12. The van der Waals surface area contributed by atoms with Crippen molar-refractivity contribution in [2.24, 2.45) is 5.10 Å². The number of halogens is 3. The largest absolute Gasteiger partial charge is 0.493 e. The molecule has 4 rings (SSSR count). The number of rotatable bonds is 7. The van der Waals surface area contributed by atoms with Gasteiger partial charge in [-0.05, 0) is 42.5 Å². The number of hydrogen-bond donors (Lipinski definition) is 0. The number of para-hydroxylation sites is 1. The fraction of sp³-hybridized carbons (Fsp3) is 0.160. The Labute approximate surface area is 222 Å². The Morgan fingerprint density at radius 2 is 1.82 bits per heavy atom. The highest BCUT2D eigenvalue weighted by molar-refractivity contribution is 9.11. The molecule has 0 fully saturated rings. The average Bonchev–Trinajstić information content (AvgIpc) is 2.83. The van der Waals surface area contributed by atoms with Crippen LogP contribution in [0.15, 0.2) is 77.9 Å². The predicted octanol–water partition coefficient (Wildman–Crippen LogP) is 6.72. The van der Waals surface area contributed by atoms with Crippen LogP contribution in [0.4, 0.5) is 0 Å². The fourth-order valence-electron chi connectivity index (χ4n) is 3.40. The molecule has 0 N–H and O–H groups in total. The number of benzene rings is 3. The van der Waals surface area contributed by atoms with Crippen LogP contribution >= 0.6 is 47.8 Å². The number of aromatic nitrogens is 2. The highest BCUT2D eigenvalue weighted by atomic mass is 79.9. The number of methoxy groups -OCH3 is 1. The minimum absolute atomic E-state index is 0.233. The van der Waals surface area contributed by atoms with Crippen LogP contribution in [0.5, 0.6) is 11.5 Å². The highest BCUT2D eigenvalue weighted by Gasteiger charge is 2.13. The Bertz CT molecular complexity index is 1450. The molecule has 0 aliphatic rings. The first kappa shape index (κ1) is 24.6. The van der Waals surface area contributed by atoms with E-state index in [0.29, 0.717) is 46.8 Å². The number of fused-ring (bicyclic) bond motifs is 1. The average molecular weight is 650 g/mol. The van der Waals surface area contributed by atoms with Gasteiger partial charge >= 0.3 is 0 Å². The minimum Gasteiger partial charge on any atom is -0.493 e. The molecule has 0 spiro atoms. The molecule has 0 bridgehead atoms. The molecule has 0 saturated heterocycles. The quantitative estimate of drug-likeness (QED) is 0.209. The Hall–Kier alpha value is -2.49. The third-order valence-corrected chi connectivity index (χ3v) is 6.85. The monoisotopic (exact) mass is 647 g/mol. The molecule has 0 atom stereocenters. The molecule has 0 amide bonds. The maximum absolute atomic E-state index is 13.2.